The second kappa shape index (κ2) is 9.09. The number of carbonyl (C=O) groups is 1. The Morgan fingerprint density at radius 1 is 1.03 bits per heavy atom. The predicted molar refractivity (Wildman–Crippen MR) is 152 cm³/mol. The van der Waals surface area contributed by atoms with E-state index in [2.05, 4.69) is 30.3 Å². The number of carbonyl (C=O) groups excluding carboxylic acids is 1. The smallest absolute Gasteiger partial charge is 0.340 e. The molecule has 2 unspecified atom stereocenters. The Bertz CT molecular complexity index is 1810. The molecule has 7 rings (SSSR count). The average Bonchev–Trinajstić information content (AvgIpc) is 3.36. The number of rotatable bonds is 3. The van der Waals surface area contributed by atoms with Crippen molar-refractivity contribution in [2.45, 2.75) is 51.0 Å². The standard InChI is InChI=1S/C33H31NO5/c1-20-25-15-27-28(23-10-9-21-6-2-3-7-22(21)14-23)19-38-29(27)17-30(25)39-32(36)26(20)16-31(35)34-13-12-33(37)11-5-4-8-24(33)18-34/h2-3,6-7,9-10,14-15,17,19,24,37H,4-5,8,11-13,16,18H2,1H3. The van der Waals surface area contributed by atoms with E-state index < -0.39 is 11.2 Å². The molecule has 2 aliphatic rings. The van der Waals surface area contributed by atoms with Crippen LogP contribution in [-0.2, 0) is 11.2 Å². The van der Waals surface area contributed by atoms with Gasteiger partial charge in [-0.05, 0) is 60.2 Å². The van der Waals surface area contributed by atoms with Gasteiger partial charge in [0.25, 0.3) is 0 Å². The van der Waals surface area contributed by atoms with Crippen molar-refractivity contribution >= 4 is 38.6 Å². The van der Waals surface area contributed by atoms with Crippen molar-refractivity contribution < 1.29 is 18.7 Å². The summed E-state index contributed by atoms with van der Waals surface area (Å²) in [5, 5.41) is 15.1. The lowest BCUT2D eigenvalue weighted by molar-refractivity contribution is -0.142. The molecule has 2 aromatic heterocycles. The predicted octanol–water partition coefficient (Wildman–Crippen LogP) is 6.36. The summed E-state index contributed by atoms with van der Waals surface area (Å²) in [5.41, 5.74) is 3.13. The molecular formula is C33H31NO5. The highest BCUT2D eigenvalue weighted by atomic mass is 16.4. The molecule has 3 heterocycles. The molecule has 198 valence electrons. The number of aryl methyl sites for hydroxylation is 1. The number of fused-ring (bicyclic) bond motifs is 4. The van der Waals surface area contributed by atoms with Crippen LogP contribution in [0.3, 0.4) is 0 Å². The third kappa shape index (κ3) is 4.05. The summed E-state index contributed by atoms with van der Waals surface area (Å²) in [6.07, 6.45) is 6.24. The van der Waals surface area contributed by atoms with Crippen LogP contribution in [0.2, 0.25) is 0 Å². The van der Waals surface area contributed by atoms with Gasteiger partial charge < -0.3 is 18.8 Å². The zero-order chi connectivity index (χ0) is 26.7. The first-order valence-corrected chi connectivity index (χ1v) is 13.9. The average molecular weight is 522 g/mol. The van der Waals surface area contributed by atoms with E-state index in [1.807, 2.05) is 30.0 Å². The number of furan rings is 1. The first-order chi connectivity index (χ1) is 18.9. The monoisotopic (exact) mass is 521 g/mol. The van der Waals surface area contributed by atoms with Crippen LogP contribution in [0.4, 0.5) is 0 Å². The summed E-state index contributed by atoms with van der Waals surface area (Å²) in [6, 6.07) is 18.4. The molecule has 1 saturated heterocycles. The molecule has 39 heavy (non-hydrogen) atoms. The Morgan fingerprint density at radius 3 is 2.74 bits per heavy atom. The van der Waals surface area contributed by atoms with E-state index in [9.17, 15) is 14.7 Å². The van der Waals surface area contributed by atoms with Crippen LogP contribution in [-0.4, -0.2) is 34.6 Å². The van der Waals surface area contributed by atoms with Gasteiger partial charge in [0.2, 0.25) is 5.91 Å². The molecule has 6 heteroatoms. The molecule has 6 nitrogen and oxygen atoms in total. The van der Waals surface area contributed by atoms with Crippen molar-refractivity contribution in [1.29, 1.82) is 0 Å². The molecule has 2 fully saturated rings. The SMILES string of the molecule is Cc1c(CC(=O)N2CCC3(O)CCCCC3C2)c(=O)oc2cc3occ(-c4ccc5ccccc5c4)c3cc12. The van der Waals surface area contributed by atoms with Crippen LogP contribution in [0, 0.1) is 12.8 Å². The maximum Gasteiger partial charge on any atom is 0.340 e. The van der Waals surface area contributed by atoms with Crippen molar-refractivity contribution in [2.24, 2.45) is 5.92 Å². The molecule has 0 spiro atoms. The zero-order valence-corrected chi connectivity index (χ0v) is 22.0. The zero-order valence-electron chi connectivity index (χ0n) is 22.0. The summed E-state index contributed by atoms with van der Waals surface area (Å²) < 4.78 is 11.6. The minimum absolute atomic E-state index is 0.00376. The maximum absolute atomic E-state index is 13.4. The minimum atomic E-state index is -0.647. The van der Waals surface area contributed by atoms with E-state index in [4.69, 9.17) is 8.83 Å². The fourth-order valence-electron chi connectivity index (χ4n) is 6.76. The largest absolute Gasteiger partial charge is 0.464 e. The van der Waals surface area contributed by atoms with Crippen LogP contribution in [0.1, 0.15) is 43.2 Å². The summed E-state index contributed by atoms with van der Waals surface area (Å²) in [7, 11) is 0. The number of hydrogen-bond donors (Lipinski definition) is 1. The van der Waals surface area contributed by atoms with Gasteiger partial charge in [-0.3, -0.25) is 4.79 Å². The van der Waals surface area contributed by atoms with E-state index in [0.29, 0.717) is 36.2 Å². The first-order valence-electron chi connectivity index (χ1n) is 13.9. The second-order valence-electron chi connectivity index (χ2n) is 11.4. The third-order valence-corrected chi connectivity index (χ3v) is 9.15. The van der Waals surface area contributed by atoms with E-state index >= 15 is 0 Å². The van der Waals surface area contributed by atoms with Crippen LogP contribution in [0.15, 0.2) is 74.5 Å². The Labute approximate surface area is 225 Å². The van der Waals surface area contributed by atoms with Crippen molar-refractivity contribution in [1.82, 2.24) is 4.90 Å². The van der Waals surface area contributed by atoms with E-state index in [1.165, 1.54) is 5.39 Å². The lowest BCUT2D eigenvalue weighted by Gasteiger charge is -2.47. The number of piperidine rings is 1. The molecule has 0 bridgehead atoms. The van der Waals surface area contributed by atoms with Gasteiger partial charge in [-0.1, -0.05) is 49.2 Å². The summed E-state index contributed by atoms with van der Waals surface area (Å²) in [5.74, 6) is 0.0274. The van der Waals surface area contributed by atoms with Gasteiger partial charge in [0.05, 0.1) is 23.8 Å². The van der Waals surface area contributed by atoms with Gasteiger partial charge >= 0.3 is 5.63 Å². The number of hydrogen-bond acceptors (Lipinski definition) is 5. The molecule has 0 radical (unpaired) electrons. The quantitative estimate of drug-likeness (QED) is 0.279. The molecule has 5 aromatic rings. The Balaban J connectivity index is 1.23. The number of amides is 1. The Kier molecular flexibility index (Phi) is 5.63. The van der Waals surface area contributed by atoms with Crippen LogP contribution >= 0.6 is 0 Å². The van der Waals surface area contributed by atoms with Gasteiger partial charge in [-0.15, -0.1) is 0 Å². The van der Waals surface area contributed by atoms with E-state index in [0.717, 1.165) is 58.5 Å². The van der Waals surface area contributed by atoms with Crippen LogP contribution < -0.4 is 5.63 Å². The van der Waals surface area contributed by atoms with Gasteiger partial charge in [0.1, 0.15) is 11.2 Å². The highest BCUT2D eigenvalue weighted by molar-refractivity contribution is 6.03. The highest BCUT2D eigenvalue weighted by Crippen LogP contribution is 2.40. The van der Waals surface area contributed by atoms with Gasteiger partial charge in [-0.25, -0.2) is 4.79 Å². The fraction of sp³-hybridized carbons (Fsp3) is 0.333. The number of aliphatic hydroxyl groups is 1. The van der Waals surface area contributed by atoms with Gasteiger partial charge in [-0.2, -0.15) is 0 Å². The minimum Gasteiger partial charge on any atom is -0.464 e. The summed E-state index contributed by atoms with van der Waals surface area (Å²) in [4.78, 5) is 28.2. The first kappa shape index (κ1) is 24.2. The lowest BCUT2D eigenvalue weighted by atomic mass is 9.71. The third-order valence-electron chi connectivity index (χ3n) is 9.15. The van der Waals surface area contributed by atoms with Crippen molar-refractivity contribution in [3.63, 3.8) is 0 Å². The van der Waals surface area contributed by atoms with E-state index in [1.54, 1.807) is 12.3 Å². The molecule has 1 aliphatic carbocycles. The highest BCUT2D eigenvalue weighted by Gasteiger charge is 2.43. The van der Waals surface area contributed by atoms with Crippen molar-refractivity contribution in [3.05, 3.63) is 82.4 Å². The second-order valence-corrected chi connectivity index (χ2v) is 11.4. The molecule has 1 aliphatic heterocycles. The summed E-state index contributed by atoms with van der Waals surface area (Å²) >= 11 is 0. The fourth-order valence-corrected chi connectivity index (χ4v) is 6.76. The normalized spacial score (nSPS) is 21.5. The van der Waals surface area contributed by atoms with Crippen LogP contribution in [0.25, 0.3) is 43.8 Å². The number of likely N-dealkylation sites (tertiary alicyclic amines) is 1. The lowest BCUT2D eigenvalue weighted by Crippen LogP contribution is -2.55. The maximum atomic E-state index is 13.4. The van der Waals surface area contributed by atoms with Gasteiger partial charge in [0, 0.05) is 41.4 Å². The Hall–Kier alpha value is -3.90. The van der Waals surface area contributed by atoms with Crippen LogP contribution in [0.5, 0.6) is 0 Å². The van der Waals surface area contributed by atoms with Gasteiger partial charge in [0.15, 0.2) is 0 Å². The number of nitrogens with zero attached hydrogens (tertiary/aromatic N) is 1. The molecular weight excluding hydrogens is 490 g/mol. The molecule has 3 aromatic carbocycles. The van der Waals surface area contributed by atoms with Crippen molar-refractivity contribution in [3.8, 4) is 11.1 Å². The van der Waals surface area contributed by atoms with E-state index in [-0.39, 0.29) is 18.2 Å². The summed E-state index contributed by atoms with van der Waals surface area (Å²) in [6.45, 7) is 2.96. The molecule has 1 N–H and O–H groups in total. The van der Waals surface area contributed by atoms with Crippen molar-refractivity contribution in [2.75, 3.05) is 13.1 Å². The Morgan fingerprint density at radius 2 is 1.87 bits per heavy atom. The molecule has 1 amide bonds. The molecule has 2 atom stereocenters. The molecule has 1 saturated carbocycles. The number of benzene rings is 3. The topological polar surface area (TPSA) is 83.9 Å².